The van der Waals surface area contributed by atoms with E-state index in [1.165, 1.54) is 4.31 Å². The van der Waals surface area contributed by atoms with Gasteiger partial charge in [-0.05, 0) is 45.4 Å². The van der Waals surface area contributed by atoms with Gasteiger partial charge in [0.1, 0.15) is 0 Å². The predicted molar refractivity (Wildman–Crippen MR) is 90.8 cm³/mol. The van der Waals surface area contributed by atoms with Gasteiger partial charge in [0, 0.05) is 23.5 Å². The van der Waals surface area contributed by atoms with Crippen molar-refractivity contribution in [3.8, 4) is 0 Å². The molecule has 0 saturated carbocycles. The van der Waals surface area contributed by atoms with E-state index >= 15 is 0 Å². The zero-order valence-electron chi connectivity index (χ0n) is 13.4. The van der Waals surface area contributed by atoms with Crippen molar-refractivity contribution in [2.45, 2.75) is 39.2 Å². The number of sulfonamides is 1. The molecule has 0 bridgehead atoms. The molecule has 0 fully saturated rings. The molecule has 0 spiro atoms. The van der Waals surface area contributed by atoms with Crippen molar-refractivity contribution in [1.29, 1.82) is 0 Å². The van der Waals surface area contributed by atoms with Crippen LogP contribution in [0.15, 0.2) is 24.3 Å². The Balaban J connectivity index is 2.71. The highest BCUT2D eigenvalue weighted by molar-refractivity contribution is 7.92. The van der Waals surface area contributed by atoms with Gasteiger partial charge in [-0.2, -0.15) is 0 Å². The molecule has 0 unspecified atom stereocenters. The van der Waals surface area contributed by atoms with Gasteiger partial charge >= 0.3 is 0 Å². The van der Waals surface area contributed by atoms with E-state index in [1.54, 1.807) is 24.3 Å². The lowest BCUT2D eigenvalue weighted by Gasteiger charge is -2.23. The smallest absolute Gasteiger partial charge is 0.232 e. The van der Waals surface area contributed by atoms with Crippen molar-refractivity contribution < 1.29 is 13.2 Å². The van der Waals surface area contributed by atoms with Gasteiger partial charge in [0.05, 0.1) is 11.9 Å². The van der Waals surface area contributed by atoms with Crippen molar-refractivity contribution in [2.75, 3.05) is 17.1 Å². The molecule has 1 aromatic rings. The van der Waals surface area contributed by atoms with E-state index < -0.39 is 10.0 Å². The van der Waals surface area contributed by atoms with Crippen LogP contribution < -0.4 is 9.62 Å². The van der Waals surface area contributed by atoms with Crippen LogP contribution in [0.2, 0.25) is 5.02 Å². The molecule has 0 aliphatic rings. The number of benzene rings is 1. The minimum Gasteiger partial charge on any atom is -0.352 e. The highest BCUT2D eigenvalue weighted by Gasteiger charge is 2.19. The maximum Gasteiger partial charge on any atom is 0.232 e. The van der Waals surface area contributed by atoms with Gasteiger partial charge in [0.2, 0.25) is 15.9 Å². The average molecular weight is 347 g/mol. The summed E-state index contributed by atoms with van der Waals surface area (Å²) in [6.45, 7) is 5.94. The second kappa shape index (κ2) is 7.33. The SMILES string of the molecule is CC(C)(C)NC(=O)CCCN(c1cccc(Cl)c1)S(C)(=O)=O. The Labute approximate surface area is 137 Å². The summed E-state index contributed by atoms with van der Waals surface area (Å²) >= 11 is 5.91. The van der Waals surface area contributed by atoms with Gasteiger partial charge in [-0.1, -0.05) is 17.7 Å². The number of carbonyl (C=O) groups excluding carboxylic acids is 1. The molecule has 0 radical (unpaired) electrons. The van der Waals surface area contributed by atoms with Gasteiger partial charge in [-0.15, -0.1) is 0 Å². The van der Waals surface area contributed by atoms with E-state index in [0.29, 0.717) is 17.1 Å². The number of hydrogen-bond donors (Lipinski definition) is 1. The lowest BCUT2D eigenvalue weighted by atomic mass is 10.1. The molecule has 0 aliphatic heterocycles. The first kappa shape index (κ1) is 18.8. The third-order valence-corrected chi connectivity index (χ3v) is 4.21. The standard InChI is InChI=1S/C15H23ClN2O3S/c1-15(2,3)17-14(19)9-6-10-18(22(4,20)21)13-8-5-7-12(16)11-13/h5,7-8,11H,6,9-10H2,1-4H3,(H,17,19). The Bertz CT molecular complexity index is 624. The molecule has 1 aromatic carbocycles. The van der Waals surface area contributed by atoms with Gasteiger partial charge < -0.3 is 5.32 Å². The van der Waals surface area contributed by atoms with E-state index in [0.717, 1.165) is 6.26 Å². The number of rotatable bonds is 6. The van der Waals surface area contributed by atoms with Gasteiger partial charge in [0.25, 0.3) is 0 Å². The molecule has 22 heavy (non-hydrogen) atoms. The first-order valence-corrected chi connectivity index (χ1v) is 9.26. The maximum atomic E-state index is 11.9. The second-order valence-corrected chi connectivity index (χ2v) is 8.56. The molecule has 1 rings (SSSR count). The molecular weight excluding hydrogens is 324 g/mol. The van der Waals surface area contributed by atoms with Crippen LogP contribution in [0.5, 0.6) is 0 Å². The van der Waals surface area contributed by atoms with E-state index in [2.05, 4.69) is 5.32 Å². The summed E-state index contributed by atoms with van der Waals surface area (Å²) in [6.07, 6.45) is 1.84. The molecule has 0 heterocycles. The minimum absolute atomic E-state index is 0.0907. The number of amides is 1. The third-order valence-electron chi connectivity index (χ3n) is 2.78. The summed E-state index contributed by atoms with van der Waals surface area (Å²) in [5.41, 5.74) is 0.215. The van der Waals surface area contributed by atoms with Crippen LogP contribution in [-0.2, 0) is 14.8 Å². The molecule has 0 aromatic heterocycles. The molecule has 0 atom stereocenters. The van der Waals surface area contributed by atoms with Crippen LogP contribution in [0.3, 0.4) is 0 Å². The summed E-state index contributed by atoms with van der Waals surface area (Å²) in [4.78, 5) is 11.8. The number of halogens is 1. The number of nitrogens with zero attached hydrogens (tertiary/aromatic N) is 1. The molecule has 124 valence electrons. The van der Waals surface area contributed by atoms with E-state index in [4.69, 9.17) is 11.6 Å². The fraction of sp³-hybridized carbons (Fsp3) is 0.533. The van der Waals surface area contributed by atoms with Crippen LogP contribution in [0.4, 0.5) is 5.69 Å². The van der Waals surface area contributed by atoms with Crippen molar-refractivity contribution in [2.24, 2.45) is 0 Å². The molecular formula is C15H23ClN2O3S. The van der Waals surface area contributed by atoms with Crippen molar-refractivity contribution in [3.05, 3.63) is 29.3 Å². The third kappa shape index (κ3) is 6.66. The summed E-state index contributed by atoms with van der Waals surface area (Å²) in [6, 6.07) is 6.66. The Morgan fingerprint density at radius 2 is 1.95 bits per heavy atom. The van der Waals surface area contributed by atoms with E-state index in [1.807, 2.05) is 20.8 Å². The lowest BCUT2D eigenvalue weighted by molar-refractivity contribution is -0.122. The van der Waals surface area contributed by atoms with Crippen LogP contribution >= 0.6 is 11.6 Å². The average Bonchev–Trinajstić information content (AvgIpc) is 2.30. The Morgan fingerprint density at radius 1 is 1.32 bits per heavy atom. The van der Waals surface area contributed by atoms with Crippen molar-refractivity contribution in [3.63, 3.8) is 0 Å². The predicted octanol–water partition coefficient (Wildman–Crippen LogP) is 2.80. The summed E-state index contributed by atoms with van der Waals surface area (Å²) in [5, 5.41) is 3.32. The first-order chi connectivity index (χ1) is 9.99. The zero-order valence-corrected chi connectivity index (χ0v) is 15.0. The Hall–Kier alpha value is -1.27. The fourth-order valence-corrected chi connectivity index (χ4v) is 3.12. The van der Waals surface area contributed by atoms with Crippen molar-refractivity contribution in [1.82, 2.24) is 5.32 Å². The summed E-state index contributed by atoms with van der Waals surface area (Å²) in [7, 11) is -3.42. The molecule has 1 amide bonds. The largest absolute Gasteiger partial charge is 0.352 e. The second-order valence-electron chi connectivity index (χ2n) is 6.22. The van der Waals surface area contributed by atoms with Crippen LogP contribution in [0.25, 0.3) is 0 Å². The van der Waals surface area contributed by atoms with Crippen LogP contribution in [0.1, 0.15) is 33.6 Å². The molecule has 5 nitrogen and oxygen atoms in total. The number of anilines is 1. The topological polar surface area (TPSA) is 66.5 Å². The summed E-state index contributed by atoms with van der Waals surface area (Å²) < 4.78 is 25.1. The fourth-order valence-electron chi connectivity index (χ4n) is 1.98. The summed E-state index contributed by atoms with van der Waals surface area (Å²) in [5.74, 6) is -0.0907. The molecule has 0 saturated heterocycles. The number of carbonyl (C=O) groups is 1. The van der Waals surface area contributed by atoms with E-state index in [-0.39, 0.29) is 24.4 Å². The number of hydrogen-bond acceptors (Lipinski definition) is 3. The quantitative estimate of drug-likeness (QED) is 0.861. The van der Waals surface area contributed by atoms with Gasteiger partial charge in [-0.25, -0.2) is 8.42 Å². The van der Waals surface area contributed by atoms with Crippen LogP contribution in [-0.4, -0.2) is 32.7 Å². The van der Waals surface area contributed by atoms with Gasteiger partial charge in [-0.3, -0.25) is 9.10 Å². The van der Waals surface area contributed by atoms with Crippen LogP contribution in [0, 0.1) is 0 Å². The molecule has 7 heteroatoms. The lowest BCUT2D eigenvalue weighted by Crippen LogP contribution is -2.41. The van der Waals surface area contributed by atoms with Gasteiger partial charge in [0.15, 0.2) is 0 Å². The van der Waals surface area contributed by atoms with E-state index in [9.17, 15) is 13.2 Å². The normalized spacial score (nSPS) is 12.0. The van der Waals surface area contributed by atoms with Crippen molar-refractivity contribution >= 4 is 33.2 Å². The zero-order chi connectivity index (χ0) is 17.0. The number of nitrogens with one attached hydrogen (secondary N) is 1. The monoisotopic (exact) mass is 346 g/mol. The maximum absolute atomic E-state index is 11.9. The first-order valence-electron chi connectivity index (χ1n) is 7.03. The minimum atomic E-state index is -3.42. The highest BCUT2D eigenvalue weighted by atomic mass is 35.5. The highest BCUT2D eigenvalue weighted by Crippen LogP contribution is 2.22. The molecule has 1 N–H and O–H groups in total. The Morgan fingerprint density at radius 3 is 2.45 bits per heavy atom. The molecule has 0 aliphatic carbocycles. The Kier molecular flexibility index (Phi) is 6.26.